The lowest BCUT2D eigenvalue weighted by molar-refractivity contribution is 0.144. The molecule has 0 radical (unpaired) electrons. The van der Waals surface area contributed by atoms with E-state index in [0.717, 1.165) is 45.0 Å². The largest absolute Gasteiger partial charge is 0.382 e. The van der Waals surface area contributed by atoms with E-state index in [1.165, 1.54) is 0 Å². The summed E-state index contributed by atoms with van der Waals surface area (Å²) in [4.78, 5) is 0. The highest BCUT2D eigenvalue weighted by Gasteiger charge is 1.99. The molecular weight excluding hydrogens is 186 g/mol. The minimum absolute atomic E-state index is 0.685. The summed E-state index contributed by atoms with van der Waals surface area (Å²) >= 11 is 5.63. The van der Waals surface area contributed by atoms with E-state index >= 15 is 0 Å². The summed E-state index contributed by atoms with van der Waals surface area (Å²) in [5.41, 5.74) is 0. The molecule has 0 saturated heterocycles. The average Bonchev–Trinajstić information content (AvgIpc) is 2.11. The number of hydrogen-bond donors (Lipinski definition) is 1. The lowest BCUT2D eigenvalue weighted by Gasteiger charge is -2.10. The van der Waals surface area contributed by atoms with E-state index in [-0.39, 0.29) is 0 Å². The van der Waals surface area contributed by atoms with Gasteiger partial charge in [-0.05, 0) is 38.8 Å². The van der Waals surface area contributed by atoms with Crippen LogP contribution in [0.1, 0.15) is 26.7 Å². The number of nitrogens with one attached hydrogen (secondary N) is 1. The highest BCUT2D eigenvalue weighted by atomic mass is 35.5. The van der Waals surface area contributed by atoms with Gasteiger partial charge in [-0.25, -0.2) is 0 Å². The molecule has 0 aliphatic heterocycles. The number of hydrogen-bond acceptors (Lipinski definition) is 2. The molecular formula is C10H22ClNO. The number of ether oxygens (including phenoxy) is 1. The van der Waals surface area contributed by atoms with Crippen LogP contribution in [-0.2, 0) is 4.74 Å². The maximum Gasteiger partial charge on any atom is 0.0477 e. The number of alkyl halides is 1. The fourth-order valence-corrected chi connectivity index (χ4v) is 1.45. The predicted octanol–water partition coefficient (Wildman–Crippen LogP) is 2.27. The van der Waals surface area contributed by atoms with Crippen molar-refractivity contribution < 1.29 is 4.74 Å². The van der Waals surface area contributed by atoms with Crippen molar-refractivity contribution >= 4 is 11.6 Å². The van der Waals surface area contributed by atoms with Crippen molar-refractivity contribution in [2.45, 2.75) is 26.7 Å². The van der Waals surface area contributed by atoms with Crippen LogP contribution in [0, 0.1) is 5.92 Å². The van der Waals surface area contributed by atoms with Crippen LogP contribution in [0.4, 0.5) is 0 Å². The topological polar surface area (TPSA) is 21.3 Å². The van der Waals surface area contributed by atoms with Crippen LogP contribution >= 0.6 is 11.6 Å². The summed E-state index contributed by atoms with van der Waals surface area (Å²) in [5.74, 6) is 1.45. The third-order valence-electron chi connectivity index (χ3n) is 1.94. The van der Waals surface area contributed by atoms with Crippen LogP contribution < -0.4 is 5.32 Å². The normalized spacial score (nSPS) is 13.2. The molecule has 0 bridgehead atoms. The van der Waals surface area contributed by atoms with Gasteiger partial charge in [0.15, 0.2) is 0 Å². The van der Waals surface area contributed by atoms with Crippen LogP contribution in [-0.4, -0.2) is 32.2 Å². The highest BCUT2D eigenvalue weighted by Crippen LogP contribution is 2.00. The molecule has 0 aromatic carbocycles. The van der Waals surface area contributed by atoms with Crippen molar-refractivity contribution in [3.8, 4) is 0 Å². The van der Waals surface area contributed by atoms with Gasteiger partial charge in [0, 0.05) is 19.1 Å². The maximum atomic E-state index is 5.63. The van der Waals surface area contributed by atoms with E-state index in [1.807, 2.05) is 6.92 Å². The number of rotatable bonds is 9. The Morgan fingerprint density at radius 1 is 1.46 bits per heavy atom. The van der Waals surface area contributed by atoms with Crippen molar-refractivity contribution in [3.05, 3.63) is 0 Å². The fraction of sp³-hybridized carbons (Fsp3) is 1.00. The van der Waals surface area contributed by atoms with Crippen molar-refractivity contribution in [2.75, 3.05) is 32.2 Å². The third-order valence-corrected chi connectivity index (χ3v) is 2.16. The first-order valence-corrected chi connectivity index (χ1v) is 5.69. The Bertz CT molecular complexity index is 101. The first kappa shape index (κ1) is 13.2. The second-order valence-electron chi connectivity index (χ2n) is 3.34. The molecule has 2 nitrogen and oxygen atoms in total. The molecule has 0 rings (SSSR count). The minimum Gasteiger partial charge on any atom is -0.382 e. The molecule has 0 aromatic rings. The van der Waals surface area contributed by atoms with Crippen molar-refractivity contribution in [3.63, 3.8) is 0 Å². The molecule has 80 valence electrons. The van der Waals surface area contributed by atoms with Gasteiger partial charge in [-0.3, -0.25) is 0 Å². The summed E-state index contributed by atoms with van der Waals surface area (Å²) in [6.45, 7) is 8.05. The fourth-order valence-electron chi connectivity index (χ4n) is 1.08. The van der Waals surface area contributed by atoms with Gasteiger partial charge in [-0.1, -0.05) is 6.92 Å². The average molecular weight is 208 g/mol. The van der Waals surface area contributed by atoms with Crippen LogP contribution in [0.5, 0.6) is 0 Å². The Morgan fingerprint density at radius 2 is 2.23 bits per heavy atom. The second kappa shape index (κ2) is 10.3. The standard InChI is InChI=1S/C10H22ClNO/c1-3-13-8-4-7-12-9-10(2)5-6-11/h10,12H,3-9H2,1-2H3. The molecule has 1 N–H and O–H groups in total. The summed E-state index contributed by atoms with van der Waals surface area (Å²) < 4.78 is 5.23. The summed E-state index contributed by atoms with van der Waals surface area (Å²) in [7, 11) is 0. The molecule has 0 fully saturated rings. The Balaban J connectivity index is 2.97. The van der Waals surface area contributed by atoms with E-state index in [4.69, 9.17) is 16.3 Å². The summed E-state index contributed by atoms with van der Waals surface area (Å²) in [6.07, 6.45) is 2.20. The zero-order chi connectivity index (χ0) is 9.94. The molecule has 0 spiro atoms. The molecule has 1 unspecified atom stereocenters. The Morgan fingerprint density at radius 3 is 2.85 bits per heavy atom. The zero-order valence-corrected chi connectivity index (χ0v) is 9.57. The first-order valence-electron chi connectivity index (χ1n) is 5.15. The van der Waals surface area contributed by atoms with E-state index < -0.39 is 0 Å². The molecule has 13 heavy (non-hydrogen) atoms. The van der Waals surface area contributed by atoms with Gasteiger partial charge in [0.1, 0.15) is 0 Å². The Kier molecular flexibility index (Phi) is 10.5. The second-order valence-corrected chi connectivity index (χ2v) is 3.72. The van der Waals surface area contributed by atoms with E-state index in [9.17, 15) is 0 Å². The van der Waals surface area contributed by atoms with E-state index in [2.05, 4.69) is 12.2 Å². The molecule has 0 heterocycles. The molecule has 1 atom stereocenters. The van der Waals surface area contributed by atoms with Crippen LogP contribution in [0.15, 0.2) is 0 Å². The summed E-state index contributed by atoms with van der Waals surface area (Å²) in [6, 6.07) is 0. The Labute approximate surface area is 87.0 Å². The highest BCUT2D eigenvalue weighted by molar-refractivity contribution is 6.17. The lowest BCUT2D eigenvalue weighted by atomic mass is 10.1. The molecule has 0 amide bonds. The summed E-state index contributed by atoms with van der Waals surface area (Å²) in [5, 5.41) is 3.39. The zero-order valence-electron chi connectivity index (χ0n) is 8.81. The monoisotopic (exact) mass is 207 g/mol. The molecule has 0 aliphatic carbocycles. The van der Waals surface area contributed by atoms with Gasteiger partial charge in [0.25, 0.3) is 0 Å². The van der Waals surface area contributed by atoms with Gasteiger partial charge in [-0.2, -0.15) is 0 Å². The van der Waals surface area contributed by atoms with Gasteiger partial charge >= 0.3 is 0 Å². The quantitative estimate of drug-likeness (QED) is 0.463. The smallest absolute Gasteiger partial charge is 0.0477 e. The predicted molar refractivity (Wildman–Crippen MR) is 58.5 cm³/mol. The third kappa shape index (κ3) is 10.1. The first-order chi connectivity index (χ1) is 6.31. The van der Waals surface area contributed by atoms with E-state index in [1.54, 1.807) is 0 Å². The molecule has 0 saturated carbocycles. The Hall–Kier alpha value is 0.210. The SMILES string of the molecule is CCOCCCNCC(C)CCCl. The van der Waals surface area contributed by atoms with Gasteiger partial charge < -0.3 is 10.1 Å². The molecule has 0 aliphatic rings. The van der Waals surface area contributed by atoms with Crippen molar-refractivity contribution in [1.29, 1.82) is 0 Å². The van der Waals surface area contributed by atoms with Crippen LogP contribution in [0.2, 0.25) is 0 Å². The van der Waals surface area contributed by atoms with Gasteiger partial charge in [0.2, 0.25) is 0 Å². The van der Waals surface area contributed by atoms with Gasteiger partial charge in [-0.15, -0.1) is 11.6 Å². The maximum absolute atomic E-state index is 5.63. The van der Waals surface area contributed by atoms with Crippen LogP contribution in [0.25, 0.3) is 0 Å². The van der Waals surface area contributed by atoms with Crippen molar-refractivity contribution in [2.24, 2.45) is 5.92 Å². The molecule has 0 aromatic heterocycles. The lowest BCUT2D eigenvalue weighted by Crippen LogP contribution is -2.23. The number of halogens is 1. The van der Waals surface area contributed by atoms with Crippen molar-refractivity contribution in [1.82, 2.24) is 5.32 Å². The van der Waals surface area contributed by atoms with Crippen LogP contribution in [0.3, 0.4) is 0 Å². The molecule has 3 heteroatoms. The van der Waals surface area contributed by atoms with Gasteiger partial charge in [0.05, 0.1) is 0 Å². The minimum atomic E-state index is 0.685. The van der Waals surface area contributed by atoms with E-state index in [0.29, 0.717) is 5.92 Å².